The van der Waals surface area contributed by atoms with Crippen LogP contribution in [0.25, 0.3) is 0 Å². The highest BCUT2D eigenvalue weighted by atomic mass is 16.5. The van der Waals surface area contributed by atoms with Gasteiger partial charge in [0.05, 0.1) is 7.11 Å². The van der Waals surface area contributed by atoms with Gasteiger partial charge in [-0.1, -0.05) is 80.9 Å². The maximum Gasteiger partial charge on any atom is 0.408 e. The molecular weight excluding hydrogens is 396 g/mol. The molecule has 0 saturated heterocycles. The molecule has 0 spiro atoms. The number of nitrogens with one attached hydrogen (secondary N) is 2. The molecule has 0 aliphatic rings. The third kappa shape index (κ3) is 7.77. The Balaban J connectivity index is 2.03. The first kappa shape index (κ1) is 23.9. The van der Waals surface area contributed by atoms with Crippen molar-refractivity contribution in [2.24, 2.45) is 5.92 Å². The first-order valence-corrected chi connectivity index (χ1v) is 10.3. The highest BCUT2D eigenvalue weighted by molar-refractivity contribution is 5.90. The molecule has 3 atom stereocenters. The molecule has 0 bridgehead atoms. The number of hydrogen-bond acceptors (Lipinski definition) is 5. The topological polar surface area (TPSA) is 93.7 Å². The molecule has 7 heteroatoms. The van der Waals surface area contributed by atoms with Gasteiger partial charge in [-0.15, -0.1) is 0 Å². The monoisotopic (exact) mass is 426 g/mol. The summed E-state index contributed by atoms with van der Waals surface area (Å²) in [4.78, 5) is 37.5. The average molecular weight is 427 g/mol. The normalized spacial score (nSPS) is 13.4. The van der Waals surface area contributed by atoms with E-state index in [2.05, 4.69) is 10.6 Å². The van der Waals surface area contributed by atoms with E-state index in [4.69, 9.17) is 9.47 Å². The van der Waals surface area contributed by atoms with Gasteiger partial charge in [-0.3, -0.25) is 4.79 Å². The lowest BCUT2D eigenvalue weighted by atomic mass is 9.97. The number of hydrogen-bond donors (Lipinski definition) is 2. The number of methoxy groups -OCH3 is 1. The molecule has 2 aromatic rings. The van der Waals surface area contributed by atoms with E-state index >= 15 is 0 Å². The lowest BCUT2D eigenvalue weighted by Crippen LogP contribution is -2.54. The van der Waals surface area contributed by atoms with Crippen molar-refractivity contribution in [3.63, 3.8) is 0 Å². The Kier molecular flexibility index (Phi) is 9.55. The number of amides is 2. The molecule has 2 N–H and O–H groups in total. The molecule has 0 radical (unpaired) electrons. The van der Waals surface area contributed by atoms with E-state index in [0.29, 0.717) is 6.42 Å². The van der Waals surface area contributed by atoms with Crippen molar-refractivity contribution >= 4 is 18.0 Å². The fraction of sp³-hybridized carbons (Fsp3) is 0.375. The third-order valence-corrected chi connectivity index (χ3v) is 5.07. The van der Waals surface area contributed by atoms with E-state index < -0.39 is 30.1 Å². The van der Waals surface area contributed by atoms with Gasteiger partial charge in [0.1, 0.15) is 18.7 Å². The maximum absolute atomic E-state index is 13.0. The number of rotatable bonds is 10. The van der Waals surface area contributed by atoms with Crippen LogP contribution < -0.4 is 10.6 Å². The number of ether oxygens (including phenoxy) is 2. The number of carbonyl (C=O) groups is 3. The predicted molar refractivity (Wildman–Crippen MR) is 117 cm³/mol. The second kappa shape index (κ2) is 12.4. The highest BCUT2D eigenvalue weighted by Gasteiger charge is 2.30. The molecule has 2 rings (SSSR count). The van der Waals surface area contributed by atoms with Crippen molar-refractivity contribution in [1.82, 2.24) is 10.6 Å². The Morgan fingerprint density at radius 1 is 0.903 bits per heavy atom. The van der Waals surface area contributed by atoms with Crippen molar-refractivity contribution in [3.8, 4) is 0 Å². The van der Waals surface area contributed by atoms with Crippen LogP contribution in [-0.2, 0) is 32.1 Å². The standard InChI is InChI=1S/C24H30N2O5/c1-4-17(2)21(26-24(29)31-16-19-13-9-6-10-14-19)22(27)25-20(23(28)30-3)15-18-11-7-5-8-12-18/h5-14,17,20-21H,4,15-16H2,1-3H3,(H,25,27)(H,26,29). The molecule has 2 aromatic carbocycles. The minimum absolute atomic E-state index is 0.0975. The number of alkyl carbamates (subject to hydrolysis) is 1. The van der Waals surface area contributed by atoms with Gasteiger partial charge in [0, 0.05) is 6.42 Å². The lowest BCUT2D eigenvalue weighted by Gasteiger charge is -2.25. The summed E-state index contributed by atoms with van der Waals surface area (Å²) in [7, 11) is 1.28. The Morgan fingerprint density at radius 3 is 2.03 bits per heavy atom. The van der Waals surface area contributed by atoms with Crippen LogP contribution in [0, 0.1) is 5.92 Å². The van der Waals surface area contributed by atoms with Gasteiger partial charge in [0.25, 0.3) is 0 Å². The van der Waals surface area contributed by atoms with Crippen LogP contribution in [0.1, 0.15) is 31.4 Å². The second-order valence-corrected chi connectivity index (χ2v) is 7.34. The van der Waals surface area contributed by atoms with Gasteiger partial charge in [0.2, 0.25) is 5.91 Å². The van der Waals surface area contributed by atoms with E-state index in [9.17, 15) is 14.4 Å². The molecule has 0 aliphatic carbocycles. The van der Waals surface area contributed by atoms with Crippen LogP contribution >= 0.6 is 0 Å². The molecule has 31 heavy (non-hydrogen) atoms. The minimum atomic E-state index is -0.867. The zero-order valence-electron chi connectivity index (χ0n) is 18.2. The zero-order chi connectivity index (χ0) is 22.6. The van der Waals surface area contributed by atoms with E-state index in [0.717, 1.165) is 11.1 Å². The Bertz CT molecular complexity index is 842. The Labute approximate surface area is 183 Å². The van der Waals surface area contributed by atoms with Crippen molar-refractivity contribution in [1.29, 1.82) is 0 Å². The van der Waals surface area contributed by atoms with E-state index in [1.165, 1.54) is 7.11 Å². The Morgan fingerprint density at radius 2 is 1.48 bits per heavy atom. The lowest BCUT2D eigenvalue weighted by molar-refractivity contribution is -0.145. The summed E-state index contributed by atoms with van der Waals surface area (Å²) >= 11 is 0. The van der Waals surface area contributed by atoms with Gasteiger partial charge in [-0.05, 0) is 17.0 Å². The summed E-state index contributed by atoms with van der Waals surface area (Å²) in [5, 5.41) is 5.37. The molecule has 3 unspecified atom stereocenters. The zero-order valence-corrected chi connectivity index (χ0v) is 18.2. The van der Waals surface area contributed by atoms with Crippen molar-refractivity contribution < 1.29 is 23.9 Å². The van der Waals surface area contributed by atoms with Crippen molar-refractivity contribution in [3.05, 3.63) is 71.8 Å². The van der Waals surface area contributed by atoms with Crippen LogP contribution in [-0.4, -0.2) is 37.2 Å². The van der Waals surface area contributed by atoms with Crippen LogP contribution in [0.2, 0.25) is 0 Å². The molecule has 166 valence electrons. The molecule has 0 aliphatic heterocycles. The number of benzene rings is 2. The molecule has 0 saturated carbocycles. The van der Waals surface area contributed by atoms with Crippen LogP contribution in [0.15, 0.2) is 60.7 Å². The maximum atomic E-state index is 13.0. The van der Waals surface area contributed by atoms with E-state index in [1.807, 2.05) is 74.5 Å². The van der Waals surface area contributed by atoms with Gasteiger partial charge < -0.3 is 20.1 Å². The summed E-state index contributed by atoms with van der Waals surface area (Å²) in [6.07, 6.45) is 0.241. The smallest absolute Gasteiger partial charge is 0.408 e. The minimum Gasteiger partial charge on any atom is -0.467 e. The Hall–Kier alpha value is -3.35. The summed E-state index contributed by atoms with van der Waals surface area (Å²) in [5.74, 6) is -1.18. The molecule has 0 aromatic heterocycles. The summed E-state index contributed by atoms with van der Waals surface area (Å²) in [6.45, 7) is 3.87. The van der Waals surface area contributed by atoms with Crippen molar-refractivity contribution in [2.75, 3.05) is 7.11 Å². The highest BCUT2D eigenvalue weighted by Crippen LogP contribution is 2.11. The summed E-state index contributed by atoms with van der Waals surface area (Å²) < 4.78 is 10.1. The quantitative estimate of drug-likeness (QED) is 0.569. The number of carbonyl (C=O) groups excluding carboxylic acids is 3. The average Bonchev–Trinajstić information content (AvgIpc) is 2.81. The first-order valence-electron chi connectivity index (χ1n) is 10.3. The predicted octanol–water partition coefficient (Wildman–Crippen LogP) is 3.23. The summed E-state index contributed by atoms with van der Waals surface area (Å²) in [6, 6.07) is 16.9. The van der Waals surface area contributed by atoms with Gasteiger partial charge in [0.15, 0.2) is 0 Å². The molecule has 0 fully saturated rings. The second-order valence-electron chi connectivity index (χ2n) is 7.34. The molecule has 2 amide bonds. The van der Waals surface area contributed by atoms with Gasteiger partial charge in [-0.2, -0.15) is 0 Å². The first-order chi connectivity index (χ1) is 14.9. The van der Waals surface area contributed by atoms with Crippen LogP contribution in [0.3, 0.4) is 0 Å². The van der Waals surface area contributed by atoms with E-state index in [1.54, 1.807) is 0 Å². The van der Waals surface area contributed by atoms with Crippen LogP contribution in [0.4, 0.5) is 4.79 Å². The number of esters is 1. The van der Waals surface area contributed by atoms with Crippen molar-refractivity contribution in [2.45, 2.75) is 45.4 Å². The fourth-order valence-electron chi connectivity index (χ4n) is 3.04. The SMILES string of the molecule is CCC(C)C(NC(=O)OCc1ccccc1)C(=O)NC(Cc1ccccc1)C(=O)OC. The van der Waals surface area contributed by atoms with Gasteiger partial charge >= 0.3 is 12.1 Å². The van der Waals surface area contributed by atoms with Gasteiger partial charge in [-0.25, -0.2) is 9.59 Å². The fourth-order valence-corrected chi connectivity index (χ4v) is 3.04. The molecule has 7 nitrogen and oxygen atoms in total. The van der Waals surface area contributed by atoms with Crippen LogP contribution in [0.5, 0.6) is 0 Å². The third-order valence-electron chi connectivity index (χ3n) is 5.07. The van der Waals surface area contributed by atoms with E-state index in [-0.39, 0.29) is 18.9 Å². The molecular formula is C24H30N2O5. The largest absolute Gasteiger partial charge is 0.467 e. The summed E-state index contributed by atoms with van der Waals surface area (Å²) in [5.41, 5.74) is 1.73. The molecule has 0 heterocycles.